The zero-order chi connectivity index (χ0) is 9.59. The third-order valence-corrected chi connectivity index (χ3v) is 2.69. The Morgan fingerprint density at radius 1 is 1.62 bits per heavy atom. The fourth-order valence-electron chi connectivity index (χ4n) is 1.81. The number of carbonyl (C=O) groups excluding carboxylic acids is 2. The van der Waals surface area contributed by atoms with Crippen LogP contribution in [0.3, 0.4) is 0 Å². The summed E-state index contributed by atoms with van der Waals surface area (Å²) < 4.78 is 4.32. The lowest BCUT2D eigenvalue weighted by Gasteiger charge is -2.02. The number of carbonyl (C=O) groups is 2. The Morgan fingerprint density at radius 2 is 2.31 bits per heavy atom. The van der Waals surface area contributed by atoms with Crippen molar-refractivity contribution in [2.24, 2.45) is 11.8 Å². The third kappa shape index (κ3) is 1.13. The summed E-state index contributed by atoms with van der Waals surface area (Å²) in [5.74, 6) is -0.951. The Hall–Kier alpha value is -1.32. The third-order valence-electron chi connectivity index (χ3n) is 2.69. The molecule has 2 saturated carbocycles. The van der Waals surface area contributed by atoms with Crippen molar-refractivity contribution >= 4 is 11.8 Å². The molecule has 4 nitrogen and oxygen atoms in total. The average molecular weight is 182 g/mol. The van der Waals surface area contributed by atoms with Gasteiger partial charge in [-0.1, -0.05) is 0 Å². The molecule has 0 spiro atoms. The molecule has 0 heterocycles. The molecule has 0 bridgehead atoms. The van der Waals surface area contributed by atoms with Crippen LogP contribution in [0.2, 0.25) is 0 Å². The Balaban J connectivity index is 2.24. The molecule has 0 radical (unpaired) electrons. The zero-order valence-corrected chi connectivity index (χ0v) is 7.24. The zero-order valence-electron chi connectivity index (χ0n) is 7.24. The van der Waals surface area contributed by atoms with Crippen LogP contribution in [0.4, 0.5) is 0 Å². The molecular formula is C9H10O4. The first-order chi connectivity index (χ1) is 6.15. The van der Waals surface area contributed by atoms with Gasteiger partial charge in [0.1, 0.15) is 0 Å². The van der Waals surface area contributed by atoms with Crippen LogP contribution in [-0.4, -0.2) is 24.0 Å². The highest BCUT2D eigenvalue weighted by atomic mass is 16.5. The van der Waals surface area contributed by atoms with Crippen molar-refractivity contribution < 1.29 is 19.4 Å². The first-order valence-corrected chi connectivity index (χ1v) is 4.19. The second-order valence-electron chi connectivity index (χ2n) is 3.49. The smallest absolute Gasteiger partial charge is 0.373 e. The molecule has 2 fully saturated rings. The van der Waals surface area contributed by atoms with Gasteiger partial charge in [0.2, 0.25) is 5.76 Å². The maximum absolute atomic E-state index is 11.4. The molecule has 0 aromatic heterocycles. The van der Waals surface area contributed by atoms with Gasteiger partial charge in [0.05, 0.1) is 7.11 Å². The molecular weight excluding hydrogens is 172 g/mol. The van der Waals surface area contributed by atoms with Crippen LogP contribution in [0.25, 0.3) is 0 Å². The number of aliphatic hydroxyl groups excluding tert-OH is 1. The van der Waals surface area contributed by atoms with Gasteiger partial charge < -0.3 is 9.84 Å². The number of ether oxygens (including phenoxy) is 1. The monoisotopic (exact) mass is 182 g/mol. The van der Waals surface area contributed by atoms with Crippen LogP contribution in [-0.2, 0) is 14.3 Å². The lowest BCUT2D eigenvalue weighted by molar-refractivity contribution is -0.139. The standard InChI is InChI=1S/C9H10O4/c1-13-9(12)8(11)6-3-4-2-5(4)7(6)10/h4-5,11H,2-3H2,1H3/t4-,5-/m0/s1. The summed E-state index contributed by atoms with van der Waals surface area (Å²) in [6, 6.07) is 0. The minimum atomic E-state index is -0.815. The number of rotatable bonds is 1. The van der Waals surface area contributed by atoms with Crippen molar-refractivity contribution in [2.45, 2.75) is 12.8 Å². The van der Waals surface area contributed by atoms with Crippen molar-refractivity contribution in [1.29, 1.82) is 0 Å². The number of allylic oxidation sites excluding steroid dienone is 1. The molecule has 2 aliphatic carbocycles. The van der Waals surface area contributed by atoms with Gasteiger partial charge in [0.25, 0.3) is 0 Å². The molecule has 13 heavy (non-hydrogen) atoms. The van der Waals surface area contributed by atoms with E-state index >= 15 is 0 Å². The molecule has 70 valence electrons. The molecule has 1 N–H and O–H groups in total. The van der Waals surface area contributed by atoms with E-state index in [1.54, 1.807) is 0 Å². The van der Waals surface area contributed by atoms with Gasteiger partial charge in [-0.3, -0.25) is 4.79 Å². The predicted octanol–water partition coefficient (Wildman–Crippen LogP) is 0.580. The number of aliphatic hydroxyl groups is 1. The Morgan fingerprint density at radius 3 is 2.77 bits per heavy atom. The average Bonchev–Trinajstić information content (AvgIpc) is 2.84. The minimum absolute atomic E-state index is 0.0711. The van der Waals surface area contributed by atoms with Crippen molar-refractivity contribution in [2.75, 3.05) is 7.11 Å². The van der Waals surface area contributed by atoms with E-state index in [9.17, 15) is 14.7 Å². The summed E-state index contributed by atoms with van der Waals surface area (Å²) in [4.78, 5) is 22.3. The van der Waals surface area contributed by atoms with Gasteiger partial charge in [0.15, 0.2) is 5.78 Å². The SMILES string of the molecule is COC(=O)C(O)=C1C[C@@H]2C[C@@H]2C1=O. The number of hydrogen-bond donors (Lipinski definition) is 1. The van der Waals surface area contributed by atoms with Crippen molar-refractivity contribution in [3.05, 3.63) is 11.3 Å². The lowest BCUT2D eigenvalue weighted by Crippen LogP contribution is -2.11. The highest BCUT2D eigenvalue weighted by molar-refractivity contribution is 6.07. The number of fused-ring (bicyclic) bond motifs is 1. The Labute approximate surface area is 75.2 Å². The maximum atomic E-state index is 11.4. The Kier molecular flexibility index (Phi) is 1.65. The van der Waals surface area contributed by atoms with Crippen molar-refractivity contribution in [1.82, 2.24) is 0 Å². The van der Waals surface area contributed by atoms with Gasteiger partial charge in [-0.25, -0.2) is 4.79 Å². The summed E-state index contributed by atoms with van der Waals surface area (Å²) >= 11 is 0. The summed E-state index contributed by atoms with van der Waals surface area (Å²) in [7, 11) is 1.18. The highest BCUT2D eigenvalue weighted by Crippen LogP contribution is 2.52. The second kappa shape index (κ2) is 2.58. The molecule has 0 saturated heterocycles. The van der Waals surface area contributed by atoms with E-state index in [1.165, 1.54) is 7.11 Å². The highest BCUT2D eigenvalue weighted by Gasteiger charge is 2.52. The Bertz CT molecular complexity index is 316. The summed E-state index contributed by atoms with van der Waals surface area (Å²) in [5, 5.41) is 9.31. The van der Waals surface area contributed by atoms with E-state index in [2.05, 4.69) is 4.74 Å². The first kappa shape index (κ1) is 8.29. The van der Waals surface area contributed by atoms with Crippen molar-refractivity contribution in [3.63, 3.8) is 0 Å². The largest absolute Gasteiger partial charge is 0.502 e. The van der Waals surface area contributed by atoms with E-state index in [-0.39, 0.29) is 17.3 Å². The maximum Gasteiger partial charge on any atom is 0.373 e. The number of esters is 1. The van der Waals surface area contributed by atoms with Crippen LogP contribution < -0.4 is 0 Å². The van der Waals surface area contributed by atoms with Crippen molar-refractivity contribution in [3.8, 4) is 0 Å². The molecule has 4 heteroatoms. The van der Waals surface area contributed by atoms with Crippen LogP contribution in [0.15, 0.2) is 11.3 Å². The molecule has 0 aromatic carbocycles. The predicted molar refractivity (Wildman–Crippen MR) is 42.9 cm³/mol. The lowest BCUT2D eigenvalue weighted by atomic mass is 10.1. The van der Waals surface area contributed by atoms with Gasteiger partial charge >= 0.3 is 5.97 Å². The van der Waals surface area contributed by atoms with E-state index in [0.717, 1.165) is 6.42 Å². The van der Waals surface area contributed by atoms with Crippen LogP contribution >= 0.6 is 0 Å². The number of hydrogen-bond acceptors (Lipinski definition) is 4. The van der Waals surface area contributed by atoms with Crippen LogP contribution in [0, 0.1) is 11.8 Å². The summed E-state index contributed by atoms with van der Waals surface area (Å²) in [6.45, 7) is 0. The van der Waals surface area contributed by atoms with Gasteiger partial charge in [-0.2, -0.15) is 0 Å². The first-order valence-electron chi connectivity index (χ1n) is 4.19. The molecule has 0 amide bonds. The van der Waals surface area contributed by atoms with Gasteiger partial charge in [0, 0.05) is 11.5 Å². The molecule has 0 aromatic rings. The molecule has 2 atom stereocenters. The summed E-state index contributed by atoms with van der Waals surface area (Å²) in [5.41, 5.74) is 0.258. The van der Waals surface area contributed by atoms with E-state index < -0.39 is 11.7 Å². The molecule has 0 aliphatic heterocycles. The van der Waals surface area contributed by atoms with E-state index in [1.807, 2.05) is 0 Å². The normalized spacial score (nSPS) is 34.1. The van der Waals surface area contributed by atoms with Crippen LogP contribution in [0.1, 0.15) is 12.8 Å². The van der Waals surface area contributed by atoms with Gasteiger partial charge in [-0.05, 0) is 18.8 Å². The van der Waals surface area contributed by atoms with Gasteiger partial charge in [-0.15, -0.1) is 0 Å². The number of methoxy groups -OCH3 is 1. The topological polar surface area (TPSA) is 63.6 Å². The fraction of sp³-hybridized carbons (Fsp3) is 0.556. The summed E-state index contributed by atoms with van der Waals surface area (Å²) in [6.07, 6.45) is 1.45. The minimum Gasteiger partial charge on any atom is -0.502 e. The number of Topliss-reactive ketones (excluding diaryl/α,β-unsaturated/α-hetero) is 1. The molecule has 2 rings (SSSR count). The molecule has 2 aliphatic rings. The fourth-order valence-corrected chi connectivity index (χ4v) is 1.81. The molecule has 0 unspecified atom stereocenters. The second-order valence-corrected chi connectivity index (χ2v) is 3.49. The van der Waals surface area contributed by atoms with E-state index in [4.69, 9.17) is 0 Å². The quantitative estimate of drug-likeness (QED) is 0.366. The van der Waals surface area contributed by atoms with Crippen LogP contribution in [0.5, 0.6) is 0 Å². The van der Waals surface area contributed by atoms with E-state index in [0.29, 0.717) is 12.3 Å². The number of ketones is 1.